The lowest BCUT2D eigenvalue weighted by atomic mass is 9.89. The van der Waals surface area contributed by atoms with E-state index in [0.717, 1.165) is 10.3 Å². The van der Waals surface area contributed by atoms with Crippen LogP contribution in [0.4, 0.5) is 13.2 Å². The first kappa shape index (κ1) is 20.7. The Morgan fingerprint density at radius 3 is 2.40 bits per heavy atom. The molecule has 1 aliphatic carbocycles. The fraction of sp³-hybridized carbons (Fsp3) is 0.250. The quantitative estimate of drug-likeness (QED) is 0.567. The molecule has 1 heterocycles. The number of aromatic nitrogens is 2. The second-order valence-electron chi connectivity index (χ2n) is 6.87. The Balaban J connectivity index is 2.04. The van der Waals surface area contributed by atoms with Crippen LogP contribution in [-0.4, -0.2) is 50.1 Å². The number of fused-ring (bicyclic) bond motifs is 3. The van der Waals surface area contributed by atoms with Crippen LogP contribution in [0, 0.1) is 0 Å². The summed E-state index contributed by atoms with van der Waals surface area (Å²) < 4.78 is 48.9. The summed E-state index contributed by atoms with van der Waals surface area (Å²) in [5.74, 6) is -0.0605. The zero-order chi connectivity index (χ0) is 21.7. The van der Waals surface area contributed by atoms with Crippen LogP contribution in [0.3, 0.4) is 0 Å². The Morgan fingerprint density at radius 2 is 1.80 bits per heavy atom. The molecule has 1 atom stereocenters. The van der Waals surface area contributed by atoms with Crippen molar-refractivity contribution in [3.8, 4) is 28.0 Å². The summed E-state index contributed by atoms with van der Waals surface area (Å²) in [6.45, 7) is -1.10. The Hall–Kier alpha value is -2.59. The fourth-order valence-corrected chi connectivity index (χ4v) is 3.87. The highest BCUT2D eigenvalue weighted by Gasteiger charge is 2.61. The molecule has 1 aromatic heterocycles. The first-order valence-corrected chi connectivity index (χ1v) is 9.21. The van der Waals surface area contributed by atoms with Crippen LogP contribution in [0.15, 0.2) is 48.8 Å². The van der Waals surface area contributed by atoms with Crippen molar-refractivity contribution in [1.29, 1.82) is 0 Å². The topological polar surface area (TPSA) is 87.7 Å². The van der Waals surface area contributed by atoms with Crippen molar-refractivity contribution < 1.29 is 33.2 Å². The molecule has 0 saturated carbocycles. The summed E-state index contributed by atoms with van der Waals surface area (Å²) in [5, 5.41) is 33.4. The number of halogens is 4. The number of aliphatic hydroxyl groups excluding tert-OH is 2. The van der Waals surface area contributed by atoms with Gasteiger partial charge in [0.1, 0.15) is 11.9 Å². The number of nitrogens with zero attached hydrogens (tertiary/aromatic N) is 2. The van der Waals surface area contributed by atoms with Gasteiger partial charge in [-0.25, -0.2) is 0 Å². The monoisotopic (exact) mass is 440 g/mol. The van der Waals surface area contributed by atoms with Crippen LogP contribution in [0.1, 0.15) is 11.1 Å². The van der Waals surface area contributed by atoms with Gasteiger partial charge in [-0.2, -0.15) is 22.5 Å². The van der Waals surface area contributed by atoms with Gasteiger partial charge in [-0.3, -0.25) is 0 Å². The van der Waals surface area contributed by atoms with Crippen LogP contribution in [0.25, 0.3) is 22.3 Å². The summed E-state index contributed by atoms with van der Waals surface area (Å²) >= 11 is 5.84. The molecule has 0 aliphatic heterocycles. The first-order chi connectivity index (χ1) is 14.2. The molecule has 6 nitrogen and oxygen atoms in total. The second kappa shape index (κ2) is 7.28. The summed E-state index contributed by atoms with van der Waals surface area (Å²) in [7, 11) is 0. The maximum atomic E-state index is 14.2. The highest BCUT2D eigenvalue weighted by atomic mass is 35.5. The zero-order valence-electron chi connectivity index (χ0n) is 15.3. The van der Waals surface area contributed by atoms with E-state index in [0.29, 0.717) is 11.1 Å². The molecule has 10 heteroatoms. The van der Waals surface area contributed by atoms with Gasteiger partial charge in [0.25, 0.3) is 0 Å². The van der Waals surface area contributed by atoms with Crippen molar-refractivity contribution in [2.75, 3.05) is 13.2 Å². The normalized spacial score (nSPS) is 17.9. The zero-order valence-corrected chi connectivity index (χ0v) is 16.0. The lowest BCUT2D eigenvalue weighted by Gasteiger charge is -2.29. The van der Waals surface area contributed by atoms with E-state index in [1.54, 1.807) is 6.07 Å². The largest absolute Gasteiger partial charge is 0.486 e. The molecule has 4 rings (SSSR count). The Bertz CT molecular complexity index is 1100. The predicted molar refractivity (Wildman–Crippen MR) is 102 cm³/mol. The third-order valence-corrected chi connectivity index (χ3v) is 5.26. The van der Waals surface area contributed by atoms with Gasteiger partial charge in [0, 0.05) is 28.5 Å². The SMILES string of the molecule is OCC(CO)Oc1cc(-c2cnn(Cl)c2)c2c(c1)C(O)(C(F)(F)F)c1ccccc1-2. The average molecular weight is 441 g/mol. The lowest BCUT2D eigenvalue weighted by molar-refractivity contribution is -0.246. The van der Waals surface area contributed by atoms with E-state index in [4.69, 9.17) is 16.5 Å². The van der Waals surface area contributed by atoms with E-state index in [-0.39, 0.29) is 22.4 Å². The minimum absolute atomic E-state index is 0.0605. The van der Waals surface area contributed by atoms with Crippen LogP contribution >= 0.6 is 11.8 Å². The van der Waals surface area contributed by atoms with Crippen LogP contribution in [0.2, 0.25) is 0 Å². The van der Waals surface area contributed by atoms with E-state index in [9.17, 15) is 28.5 Å². The number of hydrogen-bond donors (Lipinski definition) is 3. The van der Waals surface area contributed by atoms with Gasteiger partial charge in [-0.15, -0.1) is 0 Å². The molecule has 0 fully saturated rings. The van der Waals surface area contributed by atoms with Gasteiger partial charge in [0.15, 0.2) is 0 Å². The molecule has 0 spiro atoms. The molecule has 158 valence electrons. The highest BCUT2D eigenvalue weighted by molar-refractivity contribution is 6.15. The minimum atomic E-state index is -5.02. The van der Waals surface area contributed by atoms with E-state index >= 15 is 0 Å². The van der Waals surface area contributed by atoms with E-state index in [2.05, 4.69) is 5.10 Å². The lowest BCUT2D eigenvalue weighted by Crippen LogP contribution is -2.41. The van der Waals surface area contributed by atoms with Crippen LogP contribution in [0.5, 0.6) is 5.75 Å². The molecular formula is C20H16ClF3N2O4. The maximum Gasteiger partial charge on any atom is 0.425 e. The van der Waals surface area contributed by atoms with E-state index < -0.39 is 36.7 Å². The number of benzene rings is 2. The fourth-order valence-electron chi connectivity index (χ4n) is 3.72. The molecule has 1 unspecified atom stereocenters. The van der Waals surface area contributed by atoms with Crippen LogP contribution in [-0.2, 0) is 5.60 Å². The number of rotatable bonds is 5. The maximum absolute atomic E-state index is 14.2. The molecule has 3 N–H and O–H groups in total. The minimum Gasteiger partial charge on any atom is -0.486 e. The van der Waals surface area contributed by atoms with E-state index in [1.807, 2.05) is 0 Å². The molecule has 0 saturated heterocycles. The Morgan fingerprint density at radius 1 is 1.10 bits per heavy atom. The molecule has 1 aliphatic rings. The summed E-state index contributed by atoms with van der Waals surface area (Å²) in [5.41, 5.74) is -2.89. The number of alkyl halides is 3. The van der Waals surface area contributed by atoms with Crippen molar-refractivity contribution in [2.45, 2.75) is 17.9 Å². The van der Waals surface area contributed by atoms with Crippen molar-refractivity contribution in [3.63, 3.8) is 0 Å². The van der Waals surface area contributed by atoms with Crippen molar-refractivity contribution in [2.24, 2.45) is 0 Å². The van der Waals surface area contributed by atoms with Gasteiger partial charge in [-0.1, -0.05) is 24.3 Å². The smallest absolute Gasteiger partial charge is 0.425 e. The van der Waals surface area contributed by atoms with Gasteiger partial charge in [0.05, 0.1) is 25.6 Å². The summed E-state index contributed by atoms with van der Waals surface area (Å²) in [6, 6.07) is 8.26. The third kappa shape index (κ3) is 3.05. The van der Waals surface area contributed by atoms with Gasteiger partial charge < -0.3 is 20.1 Å². The molecular weight excluding hydrogens is 425 g/mol. The van der Waals surface area contributed by atoms with Crippen molar-refractivity contribution >= 4 is 11.8 Å². The Kier molecular flexibility index (Phi) is 5.01. The van der Waals surface area contributed by atoms with E-state index in [1.165, 1.54) is 36.7 Å². The Labute approximate surface area is 173 Å². The van der Waals surface area contributed by atoms with Crippen molar-refractivity contribution in [1.82, 2.24) is 9.30 Å². The van der Waals surface area contributed by atoms with Gasteiger partial charge in [0.2, 0.25) is 5.60 Å². The summed E-state index contributed by atoms with van der Waals surface area (Å²) in [4.78, 5) is 0. The molecule has 0 radical (unpaired) electrons. The molecule has 3 aromatic rings. The molecule has 30 heavy (non-hydrogen) atoms. The third-order valence-electron chi connectivity index (χ3n) is 5.07. The highest BCUT2D eigenvalue weighted by Crippen LogP contribution is 2.58. The predicted octanol–water partition coefficient (Wildman–Crippen LogP) is 3.06. The van der Waals surface area contributed by atoms with Gasteiger partial charge >= 0.3 is 6.18 Å². The standard InChI is InChI=1S/C20H16ClF3N2O4/c21-26-8-11(7-25-26)15-5-12(30-13(9-27)10-28)6-17-18(15)14-3-1-2-4-16(14)19(17,29)20(22,23)24/h1-8,13,27-29H,9-10H2. The second-order valence-corrected chi connectivity index (χ2v) is 7.22. The summed E-state index contributed by atoms with van der Waals surface area (Å²) in [6.07, 6.45) is -3.29. The number of aliphatic hydroxyl groups is 3. The van der Waals surface area contributed by atoms with Gasteiger partial charge in [-0.05, 0) is 28.8 Å². The molecule has 2 aromatic carbocycles. The molecule has 0 amide bonds. The van der Waals surface area contributed by atoms with Crippen LogP contribution < -0.4 is 4.74 Å². The number of hydrogen-bond acceptors (Lipinski definition) is 5. The van der Waals surface area contributed by atoms with Crippen molar-refractivity contribution in [3.05, 3.63) is 59.9 Å². The molecule has 0 bridgehead atoms. The number of ether oxygens (including phenoxy) is 1. The first-order valence-electron chi connectivity index (χ1n) is 8.87. The average Bonchev–Trinajstić information content (AvgIpc) is 3.26.